The summed E-state index contributed by atoms with van der Waals surface area (Å²) in [5.41, 5.74) is 0. The smallest absolute Gasteiger partial charge is 0.322 e. The number of hydrogen-bond donors (Lipinski definition) is 1. The van der Waals surface area contributed by atoms with Crippen molar-refractivity contribution < 1.29 is 4.79 Å². The molecule has 1 heterocycles. The highest BCUT2D eigenvalue weighted by Crippen LogP contribution is 2.09. The van der Waals surface area contributed by atoms with Crippen LogP contribution in [0.15, 0.2) is 18.3 Å². The van der Waals surface area contributed by atoms with Gasteiger partial charge in [0.15, 0.2) is 0 Å². The SMILES string of the molecule is CCN(CC)C(=O)Nc1ccc(Cl)cn1. The van der Waals surface area contributed by atoms with Crippen molar-refractivity contribution in [2.24, 2.45) is 0 Å². The lowest BCUT2D eigenvalue weighted by Crippen LogP contribution is -2.34. The van der Waals surface area contributed by atoms with Gasteiger partial charge in [0.25, 0.3) is 0 Å². The highest BCUT2D eigenvalue weighted by atomic mass is 35.5. The standard InChI is InChI=1S/C10H14ClN3O/c1-3-14(4-2)10(15)13-9-6-5-8(11)7-12-9/h5-7H,3-4H2,1-2H3,(H,12,13,15). The minimum Gasteiger partial charge on any atom is -0.325 e. The molecule has 0 aromatic carbocycles. The largest absolute Gasteiger partial charge is 0.325 e. The fourth-order valence-electron chi connectivity index (χ4n) is 1.15. The van der Waals surface area contributed by atoms with Gasteiger partial charge >= 0.3 is 6.03 Å². The Bertz CT molecular complexity index is 322. The fourth-order valence-corrected chi connectivity index (χ4v) is 1.26. The Morgan fingerprint density at radius 1 is 1.47 bits per heavy atom. The third-order valence-electron chi connectivity index (χ3n) is 2.01. The number of amides is 2. The van der Waals surface area contributed by atoms with Crippen molar-refractivity contribution in [1.29, 1.82) is 0 Å². The summed E-state index contributed by atoms with van der Waals surface area (Å²) in [7, 11) is 0. The first kappa shape index (κ1) is 11.8. The van der Waals surface area contributed by atoms with Crippen LogP contribution in [0.3, 0.4) is 0 Å². The first-order valence-electron chi connectivity index (χ1n) is 4.84. The summed E-state index contributed by atoms with van der Waals surface area (Å²) in [5.74, 6) is 0.510. The van der Waals surface area contributed by atoms with Gasteiger partial charge in [0.2, 0.25) is 0 Å². The van der Waals surface area contributed by atoms with E-state index in [1.165, 1.54) is 6.20 Å². The van der Waals surface area contributed by atoms with E-state index < -0.39 is 0 Å². The molecule has 82 valence electrons. The molecule has 0 aliphatic carbocycles. The molecule has 1 rings (SSSR count). The van der Waals surface area contributed by atoms with Gasteiger partial charge in [0, 0.05) is 19.3 Å². The number of nitrogens with zero attached hydrogens (tertiary/aromatic N) is 2. The summed E-state index contributed by atoms with van der Waals surface area (Å²) in [4.78, 5) is 17.3. The number of anilines is 1. The number of carbonyl (C=O) groups is 1. The number of halogens is 1. The van der Waals surface area contributed by atoms with Crippen molar-refractivity contribution >= 4 is 23.4 Å². The second kappa shape index (κ2) is 5.56. The highest BCUT2D eigenvalue weighted by Gasteiger charge is 2.09. The molecular weight excluding hydrogens is 214 g/mol. The molecule has 1 N–H and O–H groups in total. The van der Waals surface area contributed by atoms with Crippen LogP contribution in [0.25, 0.3) is 0 Å². The highest BCUT2D eigenvalue weighted by molar-refractivity contribution is 6.30. The molecule has 0 bridgehead atoms. The third kappa shape index (κ3) is 3.40. The number of pyridine rings is 1. The maximum Gasteiger partial charge on any atom is 0.322 e. The van der Waals surface area contributed by atoms with Gasteiger partial charge in [0.05, 0.1) is 5.02 Å². The molecule has 1 aromatic heterocycles. The Kier molecular flexibility index (Phi) is 4.37. The second-order valence-electron chi connectivity index (χ2n) is 2.96. The predicted octanol–water partition coefficient (Wildman–Crippen LogP) is 2.61. The molecule has 0 spiro atoms. The van der Waals surface area contributed by atoms with E-state index in [-0.39, 0.29) is 6.03 Å². The summed E-state index contributed by atoms with van der Waals surface area (Å²) in [6, 6.07) is 3.21. The van der Waals surface area contributed by atoms with Crippen molar-refractivity contribution in [3.63, 3.8) is 0 Å². The molecule has 5 heteroatoms. The van der Waals surface area contributed by atoms with Gasteiger partial charge in [-0.25, -0.2) is 9.78 Å². The summed E-state index contributed by atoms with van der Waals surface area (Å²) in [6.45, 7) is 5.21. The van der Waals surface area contributed by atoms with Crippen molar-refractivity contribution in [2.75, 3.05) is 18.4 Å². The van der Waals surface area contributed by atoms with Gasteiger partial charge in [-0.1, -0.05) is 11.6 Å². The van der Waals surface area contributed by atoms with Crippen molar-refractivity contribution in [3.8, 4) is 0 Å². The van der Waals surface area contributed by atoms with E-state index in [1.54, 1.807) is 17.0 Å². The van der Waals surface area contributed by atoms with Crippen LogP contribution in [0.1, 0.15) is 13.8 Å². The Balaban J connectivity index is 2.61. The number of urea groups is 1. The van der Waals surface area contributed by atoms with E-state index >= 15 is 0 Å². The summed E-state index contributed by atoms with van der Waals surface area (Å²) in [5, 5.41) is 3.24. The maximum atomic E-state index is 11.6. The number of carbonyl (C=O) groups excluding carboxylic acids is 1. The molecule has 0 saturated heterocycles. The van der Waals surface area contributed by atoms with E-state index in [4.69, 9.17) is 11.6 Å². The lowest BCUT2D eigenvalue weighted by molar-refractivity contribution is 0.217. The van der Waals surface area contributed by atoms with Gasteiger partial charge in [-0.2, -0.15) is 0 Å². The summed E-state index contributed by atoms with van der Waals surface area (Å²) < 4.78 is 0. The van der Waals surface area contributed by atoms with Gasteiger partial charge in [-0.15, -0.1) is 0 Å². The van der Waals surface area contributed by atoms with Crippen molar-refractivity contribution in [1.82, 2.24) is 9.88 Å². The van der Waals surface area contributed by atoms with Crippen LogP contribution >= 0.6 is 11.6 Å². The quantitative estimate of drug-likeness (QED) is 0.863. The molecule has 0 unspecified atom stereocenters. The third-order valence-corrected chi connectivity index (χ3v) is 2.24. The topological polar surface area (TPSA) is 45.2 Å². The van der Waals surface area contributed by atoms with Crippen molar-refractivity contribution in [3.05, 3.63) is 23.4 Å². The molecule has 2 amide bonds. The average molecular weight is 228 g/mol. The molecule has 0 fully saturated rings. The van der Waals surface area contributed by atoms with E-state index in [9.17, 15) is 4.79 Å². The monoisotopic (exact) mass is 227 g/mol. The van der Waals surface area contributed by atoms with Crippen molar-refractivity contribution in [2.45, 2.75) is 13.8 Å². The molecule has 0 aliphatic rings. The number of aromatic nitrogens is 1. The number of nitrogens with one attached hydrogen (secondary N) is 1. The van der Waals surface area contributed by atoms with Crippen LogP contribution < -0.4 is 5.32 Å². The molecule has 15 heavy (non-hydrogen) atoms. The molecular formula is C10H14ClN3O. The Hall–Kier alpha value is -1.29. The van der Waals surface area contributed by atoms with Crippen LogP contribution in [0.5, 0.6) is 0 Å². The zero-order valence-electron chi connectivity index (χ0n) is 8.83. The van der Waals surface area contributed by atoms with Gasteiger partial charge in [0.1, 0.15) is 5.82 Å². The van der Waals surface area contributed by atoms with Gasteiger partial charge in [-0.05, 0) is 26.0 Å². The van der Waals surface area contributed by atoms with E-state index in [0.29, 0.717) is 23.9 Å². The van der Waals surface area contributed by atoms with Crippen LogP contribution in [0.2, 0.25) is 5.02 Å². The van der Waals surface area contributed by atoms with Crippen LogP contribution in [-0.2, 0) is 0 Å². The van der Waals surface area contributed by atoms with E-state index in [0.717, 1.165) is 0 Å². The average Bonchev–Trinajstić information content (AvgIpc) is 2.23. The minimum atomic E-state index is -0.144. The van der Waals surface area contributed by atoms with Crippen LogP contribution in [0, 0.1) is 0 Å². The zero-order valence-corrected chi connectivity index (χ0v) is 9.58. The molecule has 4 nitrogen and oxygen atoms in total. The minimum absolute atomic E-state index is 0.144. The molecule has 0 saturated carbocycles. The van der Waals surface area contributed by atoms with Crippen LogP contribution in [0.4, 0.5) is 10.6 Å². The Morgan fingerprint density at radius 3 is 2.60 bits per heavy atom. The normalized spacial score (nSPS) is 9.80. The maximum absolute atomic E-state index is 11.6. The van der Waals surface area contributed by atoms with E-state index in [2.05, 4.69) is 10.3 Å². The predicted molar refractivity (Wildman–Crippen MR) is 61.2 cm³/mol. The number of hydrogen-bond acceptors (Lipinski definition) is 2. The summed E-state index contributed by atoms with van der Waals surface area (Å²) in [6.07, 6.45) is 1.50. The molecule has 0 aliphatic heterocycles. The molecule has 0 radical (unpaired) electrons. The zero-order chi connectivity index (χ0) is 11.3. The first-order valence-corrected chi connectivity index (χ1v) is 5.22. The summed E-state index contributed by atoms with van der Waals surface area (Å²) >= 11 is 5.68. The lowest BCUT2D eigenvalue weighted by atomic mass is 10.4. The van der Waals surface area contributed by atoms with Crippen LogP contribution in [-0.4, -0.2) is 29.0 Å². The van der Waals surface area contributed by atoms with Gasteiger partial charge in [-0.3, -0.25) is 5.32 Å². The Labute approximate surface area is 94.3 Å². The van der Waals surface area contributed by atoms with E-state index in [1.807, 2.05) is 13.8 Å². The molecule has 0 atom stereocenters. The number of rotatable bonds is 3. The Morgan fingerprint density at radius 2 is 2.13 bits per heavy atom. The first-order chi connectivity index (χ1) is 7.17. The molecule has 1 aromatic rings. The second-order valence-corrected chi connectivity index (χ2v) is 3.40. The van der Waals surface area contributed by atoms with Gasteiger partial charge < -0.3 is 4.90 Å². The fraction of sp³-hybridized carbons (Fsp3) is 0.400. The lowest BCUT2D eigenvalue weighted by Gasteiger charge is -2.18.